The van der Waals surface area contributed by atoms with Crippen LogP contribution in [0.25, 0.3) is 0 Å². The Morgan fingerprint density at radius 1 is 1.42 bits per heavy atom. The Bertz CT molecular complexity index is 361. The summed E-state index contributed by atoms with van der Waals surface area (Å²) < 4.78 is 11.1. The molecule has 2 atom stereocenters. The van der Waals surface area contributed by atoms with Gasteiger partial charge in [-0.3, -0.25) is 11.3 Å². The molecule has 0 radical (unpaired) electrons. The highest BCUT2D eigenvalue weighted by Crippen LogP contribution is 2.29. The molecule has 1 aromatic rings. The molecule has 1 aliphatic rings. The van der Waals surface area contributed by atoms with Crippen molar-refractivity contribution in [2.24, 2.45) is 11.8 Å². The molecule has 2 rings (SSSR count). The molecule has 4 nitrogen and oxygen atoms in total. The largest absolute Gasteiger partial charge is 0.494 e. The highest BCUT2D eigenvalue weighted by atomic mass is 16.5. The summed E-state index contributed by atoms with van der Waals surface area (Å²) in [5.41, 5.74) is 4.13. The molecule has 2 unspecified atom stereocenters. The number of rotatable bonds is 6. The fraction of sp³-hybridized carbons (Fsp3) is 0.600. The zero-order valence-electron chi connectivity index (χ0n) is 11.6. The van der Waals surface area contributed by atoms with Crippen molar-refractivity contribution >= 4 is 0 Å². The van der Waals surface area contributed by atoms with Gasteiger partial charge in [-0.15, -0.1) is 0 Å². The Labute approximate surface area is 115 Å². The SMILES string of the molecule is CCCOc1ccc(C(NN)C2CCCOC2)cc1. The molecule has 1 aliphatic heterocycles. The maximum Gasteiger partial charge on any atom is 0.119 e. The molecule has 4 heteroatoms. The Balaban J connectivity index is 2.01. The van der Waals surface area contributed by atoms with Crippen molar-refractivity contribution in [3.05, 3.63) is 29.8 Å². The van der Waals surface area contributed by atoms with Crippen LogP contribution < -0.4 is 16.0 Å². The van der Waals surface area contributed by atoms with Gasteiger partial charge in [0.15, 0.2) is 0 Å². The second-order valence-electron chi connectivity index (χ2n) is 5.04. The molecule has 0 spiro atoms. The van der Waals surface area contributed by atoms with Gasteiger partial charge in [0.05, 0.1) is 19.3 Å². The summed E-state index contributed by atoms with van der Waals surface area (Å²) in [5, 5.41) is 0. The second-order valence-corrected chi connectivity index (χ2v) is 5.04. The molecule has 3 N–H and O–H groups in total. The topological polar surface area (TPSA) is 56.5 Å². The van der Waals surface area contributed by atoms with Crippen LogP contribution in [0.2, 0.25) is 0 Å². The van der Waals surface area contributed by atoms with E-state index in [4.69, 9.17) is 15.3 Å². The third-order valence-electron chi connectivity index (χ3n) is 3.56. The van der Waals surface area contributed by atoms with Crippen molar-refractivity contribution in [2.45, 2.75) is 32.2 Å². The molecule has 1 fully saturated rings. The standard InChI is InChI=1S/C15H24N2O2/c1-2-9-19-14-7-5-12(6-8-14)15(17-16)13-4-3-10-18-11-13/h5-8,13,15,17H,2-4,9-11,16H2,1H3. The number of benzene rings is 1. The maximum absolute atomic E-state index is 5.72. The lowest BCUT2D eigenvalue weighted by atomic mass is 9.89. The van der Waals surface area contributed by atoms with Gasteiger partial charge in [-0.25, -0.2) is 0 Å². The Kier molecular flexibility index (Phi) is 5.63. The number of nitrogens with one attached hydrogen (secondary N) is 1. The third-order valence-corrected chi connectivity index (χ3v) is 3.56. The van der Waals surface area contributed by atoms with Gasteiger partial charge in [0.25, 0.3) is 0 Å². The first-order valence-electron chi connectivity index (χ1n) is 7.11. The van der Waals surface area contributed by atoms with Crippen LogP contribution in [0.15, 0.2) is 24.3 Å². The molecule has 19 heavy (non-hydrogen) atoms. The average molecular weight is 264 g/mol. The first-order chi connectivity index (χ1) is 9.35. The van der Waals surface area contributed by atoms with Gasteiger partial charge in [0.2, 0.25) is 0 Å². The van der Waals surface area contributed by atoms with Gasteiger partial charge in [-0.05, 0) is 37.0 Å². The van der Waals surface area contributed by atoms with Gasteiger partial charge in [-0.2, -0.15) is 0 Å². The van der Waals surface area contributed by atoms with Gasteiger partial charge in [0.1, 0.15) is 5.75 Å². The van der Waals surface area contributed by atoms with Crippen molar-refractivity contribution in [3.8, 4) is 5.75 Å². The van der Waals surface area contributed by atoms with Crippen LogP contribution >= 0.6 is 0 Å². The smallest absolute Gasteiger partial charge is 0.119 e. The highest BCUT2D eigenvalue weighted by Gasteiger charge is 2.24. The summed E-state index contributed by atoms with van der Waals surface area (Å²) >= 11 is 0. The molecule has 0 aliphatic carbocycles. The van der Waals surface area contributed by atoms with Crippen molar-refractivity contribution in [2.75, 3.05) is 19.8 Å². The van der Waals surface area contributed by atoms with Crippen molar-refractivity contribution in [3.63, 3.8) is 0 Å². The molecule has 0 bridgehead atoms. The van der Waals surface area contributed by atoms with E-state index in [1.165, 1.54) is 5.56 Å². The second kappa shape index (κ2) is 7.48. The third kappa shape index (κ3) is 3.93. The van der Waals surface area contributed by atoms with E-state index in [0.717, 1.165) is 44.8 Å². The van der Waals surface area contributed by atoms with E-state index >= 15 is 0 Å². The van der Waals surface area contributed by atoms with Gasteiger partial charge < -0.3 is 9.47 Å². The van der Waals surface area contributed by atoms with Crippen LogP contribution in [0.3, 0.4) is 0 Å². The van der Waals surface area contributed by atoms with E-state index in [-0.39, 0.29) is 6.04 Å². The van der Waals surface area contributed by atoms with Crippen LogP contribution in [0.4, 0.5) is 0 Å². The monoisotopic (exact) mass is 264 g/mol. The summed E-state index contributed by atoms with van der Waals surface area (Å²) in [6.45, 7) is 4.51. The fourth-order valence-corrected chi connectivity index (χ4v) is 2.52. The molecular weight excluding hydrogens is 240 g/mol. The van der Waals surface area contributed by atoms with Gasteiger partial charge in [-0.1, -0.05) is 19.1 Å². The molecule has 1 saturated heterocycles. The van der Waals surface area contributed by atoms with Crippen molar-refractivity contribution in [1.82, 2.24) is 5.43 Å². The molecule has 106 valence electrons. The number of nitrogens with two attached hydrogens (primary N) is 1. The Hall–Kier alpha value is -1.10. The van der Waals surface area contributed by atoms with E-state index in [1.54, 1.807) is 0 Å². The van der Waals surface area contributed by atoms with E-state index in [0.29, 0.717) is 5.92 Å². The molecule has 1 aromatic carbocycles. The highest BCUT2D eigenvalue weighted by molar-refractivity contribution is 5.29. The summed E-state index contributed by atoms with van der Waals surface area (Å²) in [6, 6.07) is 8.35. The van der Waals surface area contributed by atoms with Crippen LogP contribution in [-0.2, 0) is 4.74 Å². The van der Waals surface area contributed by atoms with Crippen LogP contribution in [0.5, 0.6) is 5.75 Å². The quantitative estimate of drug-likeness (QED) is 0.612. The number of hydrazine groups is 1. The average Bonchev–Trinajstić information content (AvgIpc) is 2.48. The van der Waals surface area contributed by atoms with E-state index in [1.807, 2.05) is 12.1 Å². The zero-order valence-corrected chi connectivity index (χ0v) is 11.6. The summed E-state index contributed by atoms with van der Waals surface area (Å²) in [4.78, 5) is 0. The van der Waals surface area contributed by atoms with Crippen molar-refractivity contribution in [1.29, 1.82) is 0 Å². The Morgan fingerprint density at radius 3 is 2.79 bits per heavy atom. The van der Waals surface area contributed by atoms with Crippen LogP contribution in [-0.4, -0.2) is 19.8 Å². The predicted octanol–water partition coefficient (Wildman–Crippen LogP) is 2.41. The lowest BCUT2D eigenvalue weighted by molar-refractivity contribution is 0.0390. The Morgan fingerprint density at radius 2 is 2.21 bits per heavy atom. The normalized spacial score (nSPS) is 21.1. The first-order valence-corrected chi connectivity index (χ1v) is 7.11. The van der Waals surface area contributed by atoms with E-state index in [9.17, 15) is 0 Å². The van der Waals surface area contributed by atoms with Crippen LogP contribution in [0.1, 0.15) is 37.8 Å². The fourth-order valence-electron chi connectivity index (χ4n) is 2.52. The number of hydrogen-bond acceptors (Lipinski definition) is 4. The molecular formula is C15H24N2O2. The van der Waals surface area contributed by atoms with Gasteiger partial charge >= 0.3 is 0 Å². The van der Waals surface area contributed by atoms with Crippen LogP contribution in [0, 0.1) is 5.92 Å². The minimum atomic E-state index is 0.153. The summed E-state index contributed by atoms with van der Waals surface area (Å²) in [6.07, 6.45) is 3.29. The number of ether oxygens (including phenoxy) is 2. The van der Waals surface area contributed by atoms with E-state index < -0.39 is 0 Å². The lowest BCUT2D eigenvalue weighted by Crippen LogP contribution is -2.37. The molecule has 1 heterocycles. The first kappa shape index (κ1) is 14.3. The molecule has 0 aromatic heterocycles. The van der Waals surface area contributed by atoms with Gasteiger partial charge in [0, 0.05) is 12.5 Å². The minimum absolute atomic E-state index is 0.153. The molecule has 0 amide bonds. The molecule has 0 saturated carbocycles. The number of hydrogen-bond donors (Lipinski definition) is 2. The lowest BCUT2D eigenvalue weighted by Gasteiger charge is -2.30. The summed E-state index contributed by atoms with van der Waals surface area (Å²) in [7, 11) is 0. The van der Waals surface area contributed by atoms with Crippen molar-refractivity contribution < 1.29 is 9.47 Å². The maximum atomic E-state index is 5.72. The zero-order chi connectivity index (χ0) is 13.5. The summed E-state index contributed by atoms with van der Waals surface area (Å²) in [5.74, 6) is 7.08. The van der Waals surface area contributed by atoms with E-state index in [2.05, 4.69) is 24.5 Å². The predicted molar refractivity (Wildman–Crippen MR) is 75.8 cm³/mol. The minimum Gasteiger partial charge on any atom is -0.494 e.